The lowest BCUT2D eigenvalue weighted by atomic mass is 9.99. The second-order valence-corrected chi connectivity index (χ2v) is 8.34. The van der Waals surface area contributed by atoms with Crippen molar-refractivity contribution in [3.8, 4) is 0 Å². The Hall–Kier alpha value is -2.18. The van der Waals surface area contributed by atoms with Gasteiger partial charge in [-0.05, 0) is 49.9 Å². The van der Waals surface area contributed by atoms with Crippen molar-refractivity contribution in [1.29, 1.82) is 0 Å². The van der Waals surface area contributed by atoms with E-state index in [1.165, 1.54) is 6.07 Å². The number of nitrogens with one attached hydrogen (secondary N) is 2. The predicted octanol–water partition coefficient (Wildman–Crippen LogP) is 3.75. The van der Waals surface area contributed by atoms with Crippen LogP contribution in [0.3, 0.4) is 0 Å². The number of hydrogen-bond donors (Lipinski definition) is 2. The van der Waals surface area contributed by atoms with E-state index < -0.39 is 11.6 Å². The van der Waals surface area contributed by atoms with E-state index in [-0.39, 0.29) is 18.1 Å². The van der Waals surface area contributed by atoms with E-state index in [9.17, 15) is 13.6 Å². The molecule has 0 saturated heterocycles. The van der Waals surface area contributed by atoms with Gasteiger partial charge in [0.25, 0.3) is 0 Å². The first kappa shape index (κ1) is 17.0. The molecule has 2 amide bonds. The number of hydrogen-bond acceptors (Lipinski definition) is 2. The zero-order chi connectivity index (χ0) is 18.7. The second kappa shape index (κ2) is 6.17. The van der Waals surface area contributed by atoms with Crippen LogP contribution in [0.15, 0.2) is 18.5 Å². The molecule has 2 N–H and O–H groups in total. The number of rotatable bonds is 5. The Morgan fingerprint density at radius 2 is 1.96 bits per heavy atom. The molecule has 5 rings (SSSR count). The Morgan fingerprint density at radius 1 is 1.26 bits per heavy atom. The minimum atomic E-state index is -0.858. The van der Waals surface area contributed by atoms with E-state index in [1.54, 1.807) is 6.33 Å². The number of urea groups is 1. The second-order valence-electron chi connectivity index (χ2n) is 8.34. The minimum absolute atomic E-state index is 0.0380. The largest absolute Gasteiger partial charge is 0.335 e. The van der Waals surface area contributed by atoms with Crippen LogP contribution < -0.4 is 10.6 Å². The number of benzene rings is 1. The molecule has 1 aromatic heterocycles. The van der Waals surface area contributed by atoms with Gasteiger partial charge in [-0.1, -0.05) is 6.92 Å². The summed E-state index contributed by atoms with van der Waals surface area (Å²) in [5, 5.41) is 6.16. The van der Waals surface area contributed by atoms with E-state index in [0.717, 1.165) is 38.2 Å². The highest BCUT2D eigenvalue weighted by Gasteiger charge is 2.59. The van der Waals surface area contributed by atoms with Gasteiger partial charge in [0.05, 0.1) is 17.4 Å². The van der Waals surface area contributed by atoms with Crippen LogP contribution in [-0.4, -0.2) is 27.7 Å². The molecule has 3 aliphatic carbocycles. The first-order chi connectivity index (χ1) is 13.0. The zero-order valence-corrected chi connectivity index (χ0v) is 15.3. The molecule has 0 bridgehead atoms. The van der Waals surface area contributed by atoms with Crippen LogP contribution in [0.1, 0.15) is 45.1 Å². The maximum absolute atomic E-state index is 13.6. The van der Waals surface area contributed by atoms with E-state index in [2.05, 4.69) is 22.5 Å². The quantitative estimate of drug-likeness (QED) is 0.837. The number of halogens is 2. The van der Waals surface area contributed by atoms with Gasteiger partial charge in [-0.25, -0.2) is 18.6 Å². The number of nitrogens with zero attached hydrogens (tertiary/aromatic N) is 2. The van der Waals surface area contributed by atoms with Gasteiger partial charge in [0.15, 0.2) is 11.6 Å². The monoisotopic (exact) mass is 374 g/mol. The number of aromatic nitrogens is 2. The van der Waals surface area contributed by atoms with Crippen LogP contribution in [-0.2, 0) is 0 Å². The van der Waals surface area contributed by atoms with Crippen LogP contribution in [0.25, 0.3) is 11.0 Å². The van der Waals surface area contributed by atoms with Gasteiger partial charge < -0.3 is 15.2 Å². The number of imidazole rings is 1. The maximum atomic E-state index is 13.6. The van der Waals surface area contributed by atoms with Crippen molar-refractivity contribution in [2.45, 2.75) is 57.2 Å². The molecule has 0 spiro atoms. The number of amides is 2. The van der Waals surface area contributed by atoms with Gasteiger partial charge in [0, 0.05) is 30.3 Å². The van der Waals surface area contributed by atoms with E-state index in [4.69, 9.17) is 0 Å². The topological polar surface area (TPSA) is 59.0 Å². The fourth-order valence-corrected chi connectivity index (χ4v) is 5.09. The lowest BCUT2D eigenvalue weighted by molar-refractivity contribution is 0.232. The molecule has 3 aliphatic rings. The first-order valence-electron chi connectivity index (χ1n) is 9.93. The lowest BCUT2D eigenvalue weighted by Gasteiger charge is -2.22. The third kappa shape index (κ3) is 2.97. The van der Waals surface area contributed by atoms with Gasteiger partial charge in [0.1, 0.15) is 0 Å². The number of carbonyl (C=O) groups is 1. The Morgan fingerprint density at radius 3 is 2.63 bits per heavy atom. The maximum Gasteiger partial charge on any atom is 0.315 e. The molecule has 5 nitrogen and oxygen atoms in total. The molecule has 0 unspecified atom stereocenters. The van der Waals surface area contributed by atoms with Crippen molar-refractivity contribution in [3.63, 3.8) is 0 Å². The molecule has 2 aromatic rings. The van der Waals surface area contributed by atoms with E-state index >= 15 is 0 Å². The summed E-state index contributed by atoms with van der Waals surface area (Å²) in [5.41, 5.74) is 1.15. The van der Waals surface area contributed by atoms with Crippen LogP contribution in [0.2, 0.25) is 0 Å². The zero-order valence-electron chi connectivity index (χ0n) is 15.3. The first-order valence-corrected chi connectivity index (χ1v) is 9.93. The highest BCUT2D eigenvalue weighted by atomic mass is 19.2. The van der Waals surface area contributed by atoms with Crippen molar-refractivity contribution in [3.05, 3.63) is 30.1 Å². The Bertz CT molecular complexity index is 881. The van der Waals surface area contributed by atoms with Crippen LogP contribution >= 0.6 is 0 Å². The molecule has 144 valence electrons. The molecule has 1 heterocycles. The van der Waals surface area contributed by atoms with Crippen molar-refractivity contribution in [2.75, 3.05) is 0 Å². The predicted molar refractivity (Wildman–Crippen MR) is 97.2 cm³/mol. The van der Waals surface area contributed by atoms with Gasteiger partial charge >= 0.3 is 6.03 Å². The van der Waals surface area contributed by atoms with Gasteiger partial charge in [-0.2, -0.15) is 0 Å². The average molecular weight is 374 g/mol. The summed E-state index contributed by atoms with van der Waals surface area (Å²) in [6.45, 7) is 2.12. The summed E-state index contributed by atoms with van der Waals surface area (Å²) in [5.74, 6) is 0.0126. The third-order valence-corrected chi connectivity index (χ3v) is 6.63. The Balaban J connectivity index is 1.25. The van der Waals surface area contributed by atoms with Crippen LogP contribution in [0.5, 0.6) is 0 Å². The van der Waals surface area contributed by atoms with Crippen molar-refractivity contribution in [2.24, 2.45) is 17.8 Å². The summed E-state index contributed by atoms with van der Waals surface area (Å²) < 4.78 is 29.0. The molecular weight excluding hydrogens is 350 g/mol. The molecule has 27 heavy (non-hydrogen) atoms. The van der Waals surface area contributed by atoms with Gasteiger partial charge in [0.2, 0.25) is 0 Å². The highest BCUT2D eigenvalue weighted by molar-refractivity contribution is 5.76. The SMILES string of the molecule is CC[C@@H](NC(=O)NC1CC1)[C@H]1[C@@H]2C[C@@H](n3cnc4cc(F)c(F)cc43)C[C@@H]21. The summed E-state index contributed by atoms with van der Waals surface area (Å²) in [6, 6.07) is 3.22. The molecule has 3 fully saturated rings. The lowest BCUT2D eigenvalue weighted by Crippen LogP contribution is -2.44. The van der Waals surface area contributed by atoms with Gasteiger partial charge in [-0.15, -0.1) is 0 Å². The molecule has 1 aromatic carbocycles. The minimum Gasteiger partial charge on any atom is -0.335 e. The third-order valence-electron chi connectivity index (χ3n) is 6.63. The molecule has 7 heteroatoms. The highest BCUT2D eigenvalue weighted by Crippen LogP contribution is 2.62. The molecule has 0 aliphatic heterocycles. The summed E-state index contributed by atoms with van der Waals surface area (Å²) in [7, 11) is 0. The fraction of sp³-hybridized carbons (Fsp3) is 0.600. The summed E-state index contributed by atoms with van der Waals surface area (Å²) in [6.07, 6.45) is 6.81. The van der Waals surface area contributed by atoms with Crippen molar-refractivity contribution in [1.82, 2.24) is 20.2 Å². The molecule has 0 radical (unpaired) electrons. The van der Waals surface area contributed by atoms with Crippen molar-refractivity contribution < 1.29 is 13.6 Å². The molecule has 5 atom stereocenters. The van der Waals surface area contributed by atoms with E-state index in [1.807, 2.05) is 4.57 Å². The van der Waals surface area contributed by atoms with Crippen molar-refractivity contribution >= 4 is 17.1 Å². The normalized spacial score (nSPS) is 30.2. The van der Waals surface area contributed by atoms with Crippen LogP contribution in [0, 0.1) is 29.4 Å². The average Bonchev–Trinajstić information content (AvgIpc) is 3.48. The Kier molecular flexibility index (Phi) is 3.88. The van der Waals surface area contributed by atoms with Crippen LogP contribution in [0.4, 0.5) is 13.6 Å². The fourth-order valence-electron chi connectivity index (χ4n) is 5.09. The molecular formula is C20H24F2N4O. The Labute approximate surface area is 156 Å². The summed E-state index contributed by atoms with van der Waals surface area (Å²) in [4.78, 5) is 16.3. The van der Waals surface area contributed by atoms with E-state index in [0.29, 0.717) is 34.8 Å². The number of carbonyl (C=O) groups excluding carboxylic acids is 1. The summed E-state index contributed by atoms with van der Waals surface area (Å²) >= 11 is 0. The smallest absolute Gasteiger partial charge is 0.315 e. The standard InChI is InChI=1S/C20H24F2N4O/c1-2-16(25-20(27)24-10-3-4-10)19-12-5-11(6-13(12)19)26-9-23-17-7-14(21)15(22)8-18(17)26/h7-13,16,19H,2-6H2,1H3,(H2,24,25,27)/t11-,12-,13+,16-,19+/m1/s1. The number of fused-ring (bicyclic) bond motifs is 2. The van der Waals surface area contributed by atoms with Gasteiger partial charge in [-0.3, -0.25) is 0 Å². The molecule has 3 saturated carbocycles.